The fraction of sp³-hybridized carbons (Fsp3) is 0.571. The highest BCUT2D eigenvalue weighted by atomic mass is 16.5. The first-order valence-electron chi connectivity index (χ1n) is 6.39. The molecule has 2 aliphatic rings. The third-order valence-corrected chi connectivity index (χ3v) is 4.49. The summed E-state index contributed by atoms with van der Waals surface area (Å²) in [7, 11) is 0. The Morgan fingerprint density at radius 3 is 2.82 bits per heavy atom. The Kier molecular flexibility index (Phi) is 2.60. The van der Waals surface area contributed by atoms with Gasteiger partial charge >= 0.3 is 0 Å². The van der Waals surface area contributed by atoms with Crippen molar-refractivity contribution in [2.24, 2.45) is 5.73 Å². The summed E-state index contributed by atoms with van der Waals surface area (Å²) in [5.74, 6) is 0.431. The van der Waals surface area contributed by atoms with E-state index in [0.29, 0.717) is 5.75 Å². The van der Waals surface area contributed by atoms with Gasteiger partial charge in [-0.2, -0.15) is 0 Å². The molecule has 0 radical (unpaired) electrons. The Balaban J connectivity index is 2.12. The molecular weight excluding hydrogens is 214 g/mol. The Morgan fingerprint density at radius 2 is 2.06 bits per heavy atom. The molecule has 1 heterocycles. The molecule has 1 atom stereocenters. The maximum absolute atomic E-state index is 9.98. The molecule has 3 N–H and O–H groups in total. The minimum Gasteiger partial charge on any atom is -0.508 e. The van der Waals surface area contributed by atoms with Crippen LogP contribution >= 0.6 is 0 Å². The van der Waals surface area contributed by atoms with Gasteiger partial charge in [-0.3, -0.25) is 0 Å². The second kappa shape index (κ2) is 4.00. The summed E-state index contributed by atoms with van der Waals surface area (Å²) in [6.07, 6.45) is 3.81. The van der Waals surface area contributed by atoms with Gasteiger partial charge in [0.25, 0.3) is 0 Å². The van der Waals surface area contributed by atoms with Gasteiger partial charge in [0.15, 0.2) is 0 Å². The van der Waals surface area contributed by atoms with Crippen LogP contribution in [0.3, 0.4) is 0 Å². The van der Waals surface area contributed by atoms with E-state index in [9.17, 15) is 5.11 Å². The van der Waals surface area contributed by atoms with Crippen molar-refractivity contribution in [1.29, 1.82) is 0 Å². The van der Waals surface area contributed by atoms with Crippen molar-refractivity contribution in [1.82, 2.24) is 0 Å². The molecule has 17 heavy (non-hydrogen) atoms. The minimum atomic E-state index is 0.0323. The summed E-state index contributed by atoms with van der Waals surface area (Å²) in [5, 5.41) is 9.98. The molecule has 1 aromatic rings. The Morgan fingerprint density at radius 1 is 1.29 bits per heavy atom. The number of hydrogen-bond acceptors (Lipinski definition) is 3. The molecule has 1 spiro atoms. The number of phenols is 1. The number of nitrogens with two attached hydrogens (primary N) is 1. The third-order valence-electron chi connectivity index (χ3n) is 4.49. The lowest BCUT2D eigenvalue weighted by Crippen LogP contribution is -2.51. The number of phenolic OH excluding ortho intramolecular Hbond substituents is 1. The monoisotopic (exact) mass is 233 g/mol. The molecule has 0 saturated carbocycles. The molecule has 1 aliphatic heterocycles. The van der Waals surface area contributed by atoms with E-state index in [4.69, 9.17) is 10.5 Å². The van der Waals surface area contributed by atoms with E-state index in [1.165, 1.54) is 5.56 Å². The number of ether oxygens (including phenoxy) is 1. The zero-order valence-electron chi connectivity index (χ0n) is 9.98. The largest absolute Gasteiger partial charge is 0.508 e. The van der Waals surface area contributed by atoms with Gasteiger partial charge in [-0.15, -0.1) is 0 Å². The second-order valence-electron chi connectivity index (χ2n) is 5.22. The van der Waals surface area contributed by atoms with Crippen LogP contribution in [-0.4, -0.2) is 24.4 Å². The molecule has 1 aromatic carbocycles. The average molecular weight is 233 g/mol. The van der Waals surface area contributed by atoms with Gasteiger partial charge in [0.05, 0.1) is 0 Å². The molecule has 1 saturated heterocycles. The molecule has 0 aromatic heterocycles. The fourth-order valence-electron chi connectivity index (χ4n) is 3.46. The summed E-state index contributed by atoms with van der Waals surface area (Å²) < 4.78 is 5.47. The highest BCUT2D eigenvalue weighted by Crippen LogP contribution is 2.45. The van der Waals surface area contributed by atoms with Gasteiger partial charge in [-0.25, -0.2) is 0 Å². The number of fused-ring (bicyclic) bond motifs is 2. The van der Waals surface area contributed by atoms with E-state index in [1.54, 1.807) is 6.07 Å². The quantitative estimate of drug-likeness (QED) is 0.717. The predicted molar refractivity (Wildman–Crippen MR) is 66.1 cm³/mol. The zero-order chi connectivity index (χ0) is 11.9. The zero-order valence-corrected chi connectivity index (χ0v) is 9.98. The highest BCUT2D eigenvalue weighted by molar-refractivity contribution is 5.46. The molecule has 1 unspecified atom stereocenters. The average Bonchev–Trinajstić information content (AvgIpc) is 2.36. The number of hydrogen-bond donors (Lipinski definition) is 2. The van der Waals surface area contributed by atoms with Gasteiger partial charge in [-0.05, 0) is 42.9 Å². The van der Waals surface area contributed by atoms with Gasteiger partial charge in [-0.1, -0.05) is 12.1 Å². The molecule has 3 nitrogen and oxygen atoms in total. The molecule has 1 fully saturated rings. The van der Waals surface area contributed by atoms with E-state index in [-0.39, 0.29) is 11.5 Å². The van der Waals surface area contributed by atoms with Crippen molar-refractivity contribution in [2.75, 3.05) is 13.2 Å². The number of aromatic hydroxyl groups is 1. The van der Waals surface area contributed by atoms with Crippen molar-refractivity contribution in [2.45, 2.75) is 37.1 Å². The van der Waals surface area contributed by atoms with E-state index < -0.39 is 0 Å². The van der Waals surface area contributed by atoms with Crippen molar-refractivity contribution >= 4 is 0 Å². The molecule has 0 bridgehead atoms. The number of benzene rings is 1. The minimum absolute atomic E-state index is 0.0323. The summed E-state index contributed by atoms with van der Waals surface area (Å²) in [6, 6.07) is 6.05. The maximum Gasteiger partial charge on any atom is 0.119 e. The van der Waals surface area contributed by atoms with Crippen molar-refractivity contribution in [3.63, 3.8) is 0 Å². The van der Waals surface area contributed by atoms with Crippen LogP contribution in [0.25, 0.3) is 0 Å². The Hall–Kier alpha value is -1.06. The van der Waals surface area contributed by atoms with Crippen LogP contribution in [0.5, 0.6) is 5.75 Å². The summed E-state index contributed by atoms with van der Waals surface area (Å²) in [5.41, 5.74) is 8.78. The van der Waals surface area contributed by atoms with Crippen LogP contribution in [0.2, 0.25) is 0 Å². The predicted octanol–water partition coefficient (Wildman–Crippen LogP) is 1.71. The smallest absolute Gasteiger partial charge is 0.119 e. The molecule has 3 heteroatoms. The van der Waals surface area contributed by atoms with Crippen molar-refractivity contribution in [3.05, 3.63) is 29.3 Å². The van der Waals surface area contributed by atoms with Crippen LogP contribution in [0.1, 0.15) is 30.4 Å². The topological polar surface area (TPSA) is 55.5 Å². The molecular formula is C14H19NO2. The van der Waals surface area contributed by atoms with Gasteiger partial charge in [0, 0.05) is 24.7 Å². The fourth-order valence-corrected chi connectivity index (χ4v) is 3.46. The summed E-state index contributed by atoms with van der Waals surface area (Å²) in [6.45, 7) is 1.56. The van der Waals surface area contributed by atoms with E-state index in [2.05, 4.69) is 6.07 Å². The highest BCUT2D eigenvalue weighted by Gasteiger charge is 2.44. The van der Waals surface area contributed by atoms with Gasteiger partial charge in [0.2, 0.25) is 0 Å². The lowest BCUT2D eigenvalue weighted by atomic mass is 9.63. The van der Waals surface area contributed by atoms with Crippen LogP contribution in [0, 0.1) is 0 Å². The summed E-state index contributed by atoms with van der Waals surface area (Å²) >= 11 is 0. The number of rotatable bonds is 0. The summed E-state index contributed by atoms with van der Waals surface area (Å²) in [4.78, 5) is 0. The third kappa shape index (κ3) is 1.57. The normalized spacial score (nSPS) is 26.8. The molecule has 3 rings (SSSR count). The Bertz CT molecular complexity index is 424. The first-order valence-corrected chi connectivity index (χ1v) is 6.39. The van der Waals surface area contributed by atoms with E-state index >= 15 is 0 Å². The SMILES string of the molecule is NC1CCc2c(O)cccc2C12CCOCC2. The standard InChI is InChI=1S/C14H19NO2/c15-13-5-4-10-11(2-1-3-12(10)16)14(13)6-8-17-9-7-14/h1-3,13,16H,4-9,15H2. The maximum atomic E-state index is 9.98. The van der Waals surface area contributed by atoms with E-state index in [1.807, 2.05) is 6.07 Å². The van der Waals surface area contributed by atoms with Crippen LogP contribution in [0.15, 0.2) is 18.2 Å². The van der Waals surface area contributed by atoms with Gasteiger partial charge < -0.3 is 15.6 Å². The van der Waals surface area contributed by atoms with Crippen molar-refractivity contribution in [3.8, 4) is 5.75 Å². The molecule has 1 aliphatic carbocycles. The van der Waals surface area contributed by atoms with Crippen LogP contribution in [0.4, 0.5) is 0 Å². The lowest BCUT2D eigenvalue weighted by Gasteiger charge is -2.46. The molecule has 0 amide bonds. The van der Waals surface area contributed by atoms with Crippen LogP contribution in [-0.2, 0) is 16.6 Å². The molecule has 92 valence electrons. The first-order chi connectivity index (χ1) is 8.24. The van der Waals surface area contributed by atoms with Crippen molar-refractivity contribution < 1.29 is 9.84 Å². The lowest BCUT2D eigenvalue weighted by molar-refractivity contribution is 0.0358. The Labute approximate surface area is 102 Å². The van der Waals surface area contributed by atoms with Gasteiger partial charge in [0.1, 0.15) is 5.75 Å². The second-order valence-corrected chi connectivity index (χ2v) is 5.22. The van der Waals surface area contributed by atoms with E-state index in [0.717, 1.165) is 44.5 Å². The van der Waals surface area contributed by atoms with Crippen LogP contribution < -0.4 is 5.73 Å². The first kappa shape index (κ1) is 11.1.